The van der Waals surface area contributed by atoms with Crippen molar-refractivity contribution in [2.45, 2.75) is 44.0 Å². The van der Waals surface area contributed by atoms with Gasteiger partial charge in [0, 0.05) is 34.9 Å². The number of aromatic nitrogens is 2. The molecule has 1 aliphatic carbocycles. The molecule has 3 heterocycles. The average Bonchev–Trinajstić information content (AvgIpc) is 2.75. The summed E-state index contributed by atoms with van der Waals surface area (Å²) in [5.74, 6) is 1.29. The van der Waals surface area contributed by atoms with Crippen molar-refractivity contribution in [2.75, 3.05) is 10.6 Å². The molecule has 8 nitrogen and oxygen atoms in total. The van der Waals surface area contributed by atoms with Crippen molar-refractivity contribution in [3.8, 4) is 0 Å². The van der Waals surface area contributed by atoms with Gasteiger partial charge in [-0.2, -0.15) is 5.10 Å². The molecule has 8 heteroatoms. The smallest absolute Gasteiger partial charge is 0.169 e. The number of nitrogens with zero attached hydrogens (tertiary/aromatic N) is 3. The van der Waals surface area contributed by atoms with Crippen molar-refractivity contribution in [1.29, 1.82) is 0 Å². The van der Waals surface area contributed by atoms with Gasteiger partial charge in [-0.1, -0.05) is 25.0 Å². The Morgan fingerprint density at radius 1 is 1.13 bits per heavy atom. The van der Waals surface area contributed by atoms with E-state index in [0.29, 0.717) is 11.4 Å². The second-order valence-corrected chi connectivity index (χ2v) is 7.88. The molecule has 0 spiro atoms. The minimum Gasteiger partial charge on any atom is -0.368 e. The molecule has 1 aromatic carbocycles. The number of anilines is 3. The molecule has 1 saturated carbocycles. The standard InChI is InChI=1S/C22H25N7O/c23-16-5-1-2-6-17(16)27-19-10-14-12-25-29-22(30)20(14)21(28-19)26-15-8-7-13-4-3-9-24-18(13)11-15/h3-4,7-12,16-17,22,29-30H,1-2,5-6,23H2,(H2,26,27,28). The molecule has 0 bridgehead atoms. The molecule has 3 unspecified atom stereocenters. The quantitative estimate of drug-likeness (QED) is 0.454. The van der Waals surface area contributed by atoms with E-state index < -0.39 is 6.23 Å². The summed E-state index contributed by atoms with van der Waals surface area (Å²) in [4.78, 5) is 9.20. The van der Waals surface area contributed by atoms with Crippen LogP contribution in [0, 0.1) is 0 Å². The fraction of sp³-hybridized carbons (Fsp3) is 0.318. The third kappa shape index (κ3) is 3.67. The molecule has 1 aliphatic heterocycles. The second-order valence-electron chi connectivity index (χ2n) is 7.88. The summed E-state index contributed by atoms with van der Waals surface area (Å²) < 4.78 is 0. The number of benzene rings is 1. The highest BCUT2D eigenvalue weighted by Gasteiger charge is 2.25. The van der Waals surface area contributed by atoms with Gasteiger partial charge in [0.05, 0.1) is 17.3 Å². The lowest BCUT2D eigenvalue weighted by molar-refractivity contribution is 0.139. The van der Waals surface area contributed by atoms with Gasteiger partial charge >= 0.3 is 0 Å². The molecule has 154 valence electrons. The van der Waals surface area contributed by atoms with Gasteiger partial charge in [0.25, 0.3) is 0 Å². The highest BCUT2D eigenvalue weighted by molar-refractivity contribution is 5.88. The van der Waals surface area contributed by atoms with Gasteiger partial charge in [-0.15, -0.1) is 0 Å². The van der Waals surface area contributed by atoms with Crippen LogP contribution in [0.5, 0.6) is 0 Å². The minimum absolute atomic E-state index is 0.112. The Morgan fingerprint density at radius 2 is 2.03 bits per heavy atom. The van der Waals surface area contributed by atoms with Crippen molar-refractivity contribution in [2.24, 2.45) is 10.8 Å². The van der Waals surface area contributed by atoms with Crippen molar-refractivity contribution in [1.82, 2.24) is 15.4 Å². The van der Waals surface area contributed by atoms with Crippen LogP contribution in [-0.2, 0) is 0 Å². The highest BCUT2D eigenvalue weighted by atomic mass is 16.3. The van der Waals surface area contributed by atoms with Gasteiger partial charge in [-0.3, -0.25) is 10.4 Å². The first-order valence-corrected chi connectivity index (χ1v) is 10.3. The van der Waals surface area contributed by atoms with E-state index in [2.05, 4.69) is 26.1 Å². The summed E-state index contributed by atoms with van der Waals surface area (Å²) in [7, 11) is 0. The van der Waals surface area contributed by atoms with Crippen molar-refractivity contribution in [3.63, 3.8) is 0 Å². The molecule has 5 rings (SSSR count). The minimum atomic E-state index is -0.940. The van der Waals surface area contributed by atoms with E-state index in [9.17, 15) is 5.11 Å². The number of hydrogen-bond acceptors (Lipinski definition) is 8. The van der Waals surface area contributed by atoms with Gasteiger partial charge in [0.2, 0.25) is 0 Å². The summed E-state index contributed by atoms with van der Waals surface area (Å²) in [6, 6.07) is 12.1. The summed E-state index contributed by atoms with van der Waals surface area (Å²) in [5.41, 5.74) is 12.2. The highest BCUT2D eigenvalue weighted by Crippen LogP contribution is 2.32. The number of nitrogens with one attached hydrogen (secondary N) is 3. The van der Waals surface area contributed by atoms with Gasteiger partial charge in [0.1, 0.15) is 11.6 Å². The summed E-state index contributed by atoms with van der Waals surface area (Å²) in [5, 5.41) is 22.5. The lowest BCUT2D eigenvalue weighted by Gasteiger charge is -2.30. The Balaban J connectivity index is 1.51. The molecule has 3 aromatic rings. The number of fused-ring (bicyclic) bond motifs is 2. The zero-order chi connectivity index (χ0) is 20.5. The maximum atomic E-state index is 10.5. The SMILES string of the molecule is NC1CCCCC1Nc1cc2c(c(Nc3ccc4cccnc4c3)n1)C(O)NN=C2. The predicted octanol–water partition coefficient (Wildman–Crippen LogP) is 2.98. The first kappa shape index (κ1) is 18.8. The van der Waals surface area contributed by atoms with Gasteiger partial charge in [-0.05, 0) is 37.1 Å². The summed E-state index contributed by atoms with van der Waals surface area (Å²) in [6.45, 7) is 0. The van der Waals surface area contributed by atoms with Crippen LogP contribution in [0.3, 0.4) is 0 Å². The third-order valence-electron chi connectivity index (χ3n) is 5.79. The van der Waals surface area contributed by atoms with Gasteiger partial charge < -0.3 is 21.5 Å². The number of aliphatic hydroxyl groups is 1. The van der Waals surface area contributed by atoms with E-state index in [0.717, 1.165) is 47.2 Å². The zero-order valence-electron chi connectivity index (χ0n) is 16.5. The van der Waals surface area contributed by atoms with Crippen LogP contribution >= 0.6 is 0 Å². The second kappa shape index (κ2) is 7.89. The van der Waals surface area contributed by atoms with E-state index in [1.54, 1.807) is 12.4 Å². The number of rotatable bonds is 4. The number of nitrogens with two attached hydrogens (primary N) is 1. The van der Waals surface area contributed by atoms with Crippen LogP contribution in [0.1, 0.15) is 43.0 Å². The maximum absolute atomic E-state index is 10.5. The molecule has 6 N–H and O–H groups in total. The molecule has 0 amide bonds. The molecule has 0 radical (unpaired) electrons. The summed E-state index contributed by atoms with van der Waals surface area (Å²) >= 11 is 0. The Morgan fingerprint density at radius 3 is 2.93 bits per heavy atom. The first-order valence-electron chi connectivity index (χ1n) is 10.3. The maximum Gasteiger partial charge on any atom is 0.169 e. The molecule has 2 aliphatic rings. The van der Waals surface area contributed by atoms with Crippen LogP contribution in [-0.4, -0.2) is 33.4 Å². The molecular weight excluding hydrogens is 378 g/mol. The molecule has 2 aromatic heterocycles. The molecular formula is C22H25N7O. The topological polar surface area (TPSA) is 120 Å². The Bertz CT molecular complexity index is 1100. The van der Waals surface area contributed by atoms with E-state index in [1.165, 1.54) is 6.42 Å². The Kier molecular flexibility index (Phi) is 4.94. The van der Waals surface area contributed by atoms with Crippen LogP contribution in [0.2, 0.25) is 0 Å². The number of hydrogen-bond donors (Lipinski definition) is 5. The lowest BCUT2D eigenvalue weighted by atomic mass is 9.91. The number of pyridine rings is 2. The van der Waals surface area contributed by atoms with Gasteiger partial charge in [0.15, 0.2) is 6.23 Å². The Labute approximate surface area is 174 Å². The van der Waals surface area contributed by atoms with Gasteiger partial charge in [-0.25, -0.2) is 4.98 Å². The van der Waals surface area contributed by atoms with E-state index in [1.807, 2.05) is 36.4 Å². The first-order chi connectivity index (χ1) is 14.7. The van der Waals surface area contributed by atoms with Crippen molar-refractivity contribution < 1.29 is 5.11 Å². The molecule has 1 fully saturated rings. The summed E-state index contributed by atoms with van der Waals surface area (Å²) in [6.07, 6.45) is 6.90. The van der Waals surface area contributed by atoms with Crippen LogP contribution < -0.4 is 21.8 Å². The Hall–Kier alpha value is -3.23. The lowest BCUT2D eigenvalue weighted by Crippen LogP contribution is -2.42. The molecule has 0 saturated heterocycles. The number of hydrazone groups is 1. The van der Waals surface area contributed by atoms with E-state index >= 15 is 0 Å². The van der Waals surface area contributed by atoms with Crippen molar-refractivity contribution >= 4 is 34.4 Å². The zero-order valence-corrected chi connectivity index (χ0v) is 16.5. The van der Waals surface area contributed by atoms with E-state index in [4.69, 9.17) is 10.7 Å². The number of aliphatic hydroxyl groups excluding tert-OH is 1. The fourth-order valence-electron chi connectivity index (χ4n) is 4.19. The molecule has 3 atom stereocenters. The van der Waals surface area contributed by atoms with Crippen LogP contribution in [0.25, 0.3) is 10.9 Å². The van der Waals surface area contributed by atoms with Crippen LogP contribution in [0.4, 0.5) is 17.3 Å². The van der Waals surface area contributed by atoms with E-state index in [-0.39, 0.29) is 12.1 Å². The monoisotopic (exact) mass is 403 g/mol. The average molecular weight is 403 g/mol. The fourth-order valence-corrected chi connectivity index (χ4v) is 4.19. The predicted molar refractivity (Wildman–Crippen MR) is 119 cm³/mol. The molecule has 30 heavy (non-hydrogen) atoms. The normalized spacial score (nSPS) is 22.9. The third-order valence-corrected chi connectivity index (χ3v) is 5.79. The van der Waals surface area contributed by atoms with Crippen LogP contribution in [0.15, 0.2) is 47.7 Å². The van der Waals surface area contributed by atoms with Crippen molar-refractivity contribution in [3.05, 3.63) is 53.7 Å². The largest absolute Gasteiger partial charge is 0.368 e.